The van der Waals surface area contributed by atoms with Crippen molar-refractivity contribution in [2.45, 2.75) is 33.3 Å². The van der Waals surface area contributed by atoms with Crippen molar-refractivity contribution in [1.82, 2.24) is 4.90 Å². The maximum atomic E-state index is 12.4. The van der Waals surface area contributed by atoms with Gasteiger partial charge in [-0.05, 0) is 32.9 Å². The molecular formula is C16H23NO4. The summed E-state index contributed by atoms with van der Waals surface area (Å²) >= 11 is 0. The van der Waals surface area contributed by atoms with Crippen LogP contribution in [0.1, 0.15) is 36.2 Å². The highest BCUT2D eigenvalue weighted by Crippen LogP contribution is 2.09. The van der Waals surface area contributed by atoms with Crippen LogP contribution in [0.3, 0.4) is 0 Å². The second kappa shape index (κ2) is 8.42. The van der Waals surface area contributed by atoms with E-state index >= 15 is 0 Å². The summed E-state index contributed by atoms with van der Waals surface area (Å²) < 4.78 is 4.86. The minimum Gasteiger partial charge on any atom is -0.466 e. The lowest BCUT2D eigenvalue weighted by Crippen LogP contribution is -2.38. The maximum absolute atomic E-state index is 12.4. The molecule has 1 aromatic rings. The van der Waals surface area contributed by atoms with Crippen molar-refractivity contribution in [3.63, 3.8) is 0 Å². The molecule has 1 N–H and O–H groups in total. The molecule has 1 unspecified atom stereocenters. The number of ether oxygens (including phenoxy) is 1. The van der Waals surface area contributed by atoms with Crippen molar-refractivity contribution in [2.24, 2.45) is 0 Å². The number of esters is 1. The van der Waals surface area contributed by atoms with Crippen LogP contribution in [0.5, 0.6) is 0 Å². The Labute approximate surface area is 125 Å². The quantitative estimate of drug-likeness (QED) is 0.778. The average Bonchev–Trinajstić information content (AvgIpc) is 2.43. The molecule has 0 aliphatic rings. The van der Waals surface area contributed by atoms with Gasteiger partial charge in [-0.3, -0.25) is 9.59 Å². The van der Waals surface area contributed by atoms with E-state index in [1.807, 2.05) is 19.1 Å². The first-order chi connectivity index (χ1) is 9.93. The minimum absolute atomic E-state index is 0.123. The van der Waals surface area contributed by atoms with Crippen LogP contribution in [0.15, 0.2) is 24.3 Å². The summed E-state index contributed by atoms with van der Waals surface area (Å²) in [7, 11) is 0. The molecule has 0 aliphatic carbocycles. The molecule has 1 aromatic carbocycles. The molecule has 0 heterocycles. The molecule has 0 fully saturated rings. The number of nitrogens with zero attached hydrogens (tertiary/aromatic N) is 1. The molecule has 0 aromatic heterocycles. The zero-order valence-electron chi connectivity index (χ0n) is 12.8. The van der Waals surface area contributed by atoms with Crippen LogP contribution in [0.2, 0.25) is 0 Å². The van der Waals surface area contributed by atoms with Crippen LogP contribution in [-0.2, 0) is 9.53 Å². The van der Waals surface area contributed by atoms with Crippen LogP contribution >= 0.6 is 0 Å². The van der Waals surface area contributed by atoms with Crippen molar-refractivity contribution in [3.8, 4) is 0 Å². The third-order valence-corrected chi connectivity index (χ3v) is 2.96. The first kappa shape index (κ1) is 17.2. The van der Waals surface area contributed by atoms with Crippen molar-refractivity contribution in [2.75, 3.05) is 19.7 Å². The van der Waals surface area contributed by atoms with Gasteiger partial charge in [0.2, 0.25) is 0 Å². The van der Waals surface area contributed by atoms with Crippen LogP contribution < -0.4 is 0 Å². The largest absolute Gasteiger partial charge is 0.466 e. The van der Waals surface area contributed by atoms with Gasteiger partial charge in [0.15, 0.2) is 0 Å². The average molecular weight is 293 g/mol. The molecule has 0 aliphatic heterocycles. The lowest BCUT2D eigenvalue weighted by molar-refractivity contribution is -0.143. The van der Waals surface area contributed by atoms with Crippen LogP contribution in [0.25, 0.3) is 0 Å². The molecule has 0 saturated carbocycles. The molecule has 0 spiro atoms. The van der Waals surface area contributed by atoms with Gasteiger partial charge < -0.3 is 14.7 Å². The monoisotopic (exact) mass is 293 g/mol. The third kappa shape index (κ3) is 5.95. The Kier molecular flexibility index (Phi) is 6.88. The van der Waals surface area contributed by atoms with Crippen LogP contribution in [0.4, 0.5) is 0 Å². The smallest absolute Gasteiger partial charge is 0.307 e. The van der Waals surface area contributed by atoms with Gasteiger partial charge >= 0.3 is 5.97 Å². The predicted molar refractivity (Wildman–Crippen MR) is 80.0 cm³/mol. The first-order valence-corrected chi connectivity index (χ1v) is 7.13. The Morgan fingerprint density at radius 2 is 1.90 bits per heavy atom. The number of amides is 1. The molecule has 1 atom stereocenters. The summed E-state index contributed by atoms with van der Waals surface area (Å²) in [5, 5.41) is 9.52. The van der Waals surface area contributed by atoms with Gasteiger partial charge in [-0.1, -0.05) is 17.7 Å². The molecule has 116 valence electrons. The molecule has 1 rings (SSSR count). The lowest BCUT2D eigenvalue weighted by Gasteiger charge is -2.24. The Hall–Kier alpha value is -1.88. The highest BCUT2D eigenvalue weighted by atomic mass is 16.5. The molecular weight excluding hydrogens is 270 g/mol. The van der Waals surface area contributed by atoms with Crippen molar-refractivity contribution >= 4 is 11.9 Å². The fourth-order valence-electron chi connectivity index (χ4n) is 1.93. The van der Waals surface area contributed by atoms with Crippen molar-refractivity contribution in [3.05, 3.63) is 35.4 Å². The second-order valence-electron chi connectivity index (χ2n) is 5.02. The van der Waals surface area contributed by atoms with Gasteiger partial charge in [0.1, 0.15) is 0 Å². The number of aliphatic hydroxyl groups excluding tert-OH is 1. The molecule has 5 heteroatoms. The molecule has 5 nitrogen and oxygen atoms in total. The second-order valence-corrected chi connectivity index (χ2v) is 5.02. The number of hydrogen-bond donors (Lipinski definition) is 1. The van der Waals surface area contributed by atoms with Gasteiger partial charge in [0.05, 0.1) is 19.1 Å². The standard InChI is InChI=1S/C16H23NO4/c1-4-21-15(19)9-10-17(11-13(3)18)16(20)14-7-5-12(2)6-8-14/h5-8,13,18H,4,9-11H2,1-3H3. The normalized spacial score (nSPS) is 11.8. The number of rotatable bonds is 7. The van der Waals surface area contributed by atoms with E-state index in [-0.39, 0.29) is 31.4 Å². The topological polar surface area (TPSA) is 66.8 Å². The van der Waals surface area contributed by atoms with Gasteiger partial charge in [-0.25, -0.2) is 0 Å². The Bertz CT molecular complexity index is 468. The van der Waals surface area contributed by atoms with E-state index in [2.05, 4.69) is 0 Å². The number of benzene rings is 1. The maximum Gasteiger partial charge on any atom is 0.307 e. The van der Waals surface area contributed by atoms with E-state index in [1.165, 1.54) is 4.90 Å². The SMILES string of the molecule is CCOC(=O)CCN(CC(C)O)C(=O)c1ccc(C)cc1. The molecule has 21 heavy (non-hydrogen) atoms. The van der Waals surface area contributed by atoms with Crippen molar-refractivity contribution in [1.29, 1.82) is 0 Å². The van der Waals surface area contributed by atoms with Gasteiger partial charge in [-0.2, -0.15) is 0 Å². The van der Waals surface area contributed by atoms with Crippen LogP contribution in [-0.4, -0.2) is 47.7 Å². The van der Waals surface area contributed by atoms with E-state index in [0.717, 1.165) is 5.56 Å². The first-order valence-electron chi connectivity index (χ1n) is 7.13. The molecule has 0 radical (unpaired) electrons. The fourth-order valence-corrected chi connectivity index (χ4v) is 1.93. The zero-order valence-corrected chi connectivity index (χ0v) is 12.8. The Morgan fingerprint density at radius 3 is 2.43 bits per heavy atom. The number of aliphatic hydroxyl groups is 1. The summed E-state index contributed by atoms with van der Waals surface area (Å²) in [6, 6.07) is 7.21. The molecule has 0 saturated heterocycles. The number of carbonyl (C=O) groups excluding carboxylic acids is 2. The summed E-state index contributed by atoms with van der Waals surface area (Å²) in [6.45, 7) is 6.04. The van der Waals surface area contributed by atoms with Gasteiger partial charge in [0.25, 0.3) is 5.91 Å². The Morgan fingerprint density at radius 1 is 1.29 bits per heavy atom. The number of hydrogen-bond acceptors (Lipinski definition) is 4. The van der Waals surface area contributed by atoms with E-state index < -0.39 is 6.10 Å². The van der Waals surface area contributed by atoms with Gasteiger partial charge in [0, 0.05) is 18.7 Å². The molecule has 0 bridgehead atoms. The number of aryl methyl sites for hydroxylation is 1. The highest BCUT2D eigenvalue weighted by molar-refractivity contribution is 5.94. The number of carbonyl (C=O) groups is 2. The van der Waals surface area contributed by atoms with E-state index in [9.17, 15) is 14.7 Å². The summed E-state index contributed by atoms with van der Waals surface area (Å²) in [5.41, 5.74) is 1.62. The lowest BCUT2D eigenvalue weighted by atomic mass is 10.1. The van der Waals surface area contributed by atoms with Crippen molar-refractivity contribution < 1.29 is 19.4 Å². The minimum atomic E-state index is -0.651. The molecule has 1 amide bonds. The summed E-state index contributed by atoms with van der Waals surface area (Å²) in [6.07, 6.45) is -0.528. The third-order valence-electron chi connectivity index (χ3n) is 2.96. The fraction of sp³-hybridized carbons (Fsp3) is 0.500. The van der Waals surface area contributed by atoms with Gasteiger partial charge in [-0.15, -0.1) is 0 Å². The van der Waals surface area contributed by atoms with E-state index in [4.69, 9.17) is 4.74 Å². The van der Waals surface area contributed by atoms with E-state index in [0.29, 0.717) is 12.2 Å². The Balaban J connectivity index is 2.74. The van der Waals surface area contributed by atoms with Crippen LogP contribution in [0, 0.1) is 6.92 Å². The summed E-state index contributed by atoms with van der Waals surface area (Å²) in [4.78, 5) is 25.3. The highest BCUT2D eigenvalue weighted by Gasteiger charge is 2.18. The predicted octanol–water partition coefficient (Wildman–Crippen LogP) is 1.77. The zero-order chi connectivity index (χ0) is 15.8. The van der Waals surface area contributed by atoms with E-state index in [1.54, 1.807) is 26.0 Å². The summed E-state index contributed by atoms with van der Waals surface area (Å²) in [5.74, 6) is -0.537.